The summed E-state index contributed by atoms with van der Waals surface area (Å²) in [6.45, 7) is 9.17. The molecule has 5 rings (SSSR count). The molecule has 0 amide bonds. The van der Waals surface area contributed by atoms with E-state index in [-0.39, 0.29) is 24.8 Å². The number of piperidine rings is 1. The Morgan fingerprint density at radius 3 is 2.64 bits per heavy atom. The van der Waals surface area contributed by atoms with E-state index in [9.17, 15) is 0 Å². The number of halogens is 2. The van der Waals surface area contributed by atoms with Crippen molar-refractivity contribution in [3.63, 3.8) is 0 Å². The minimum atomic E-state index is 0. The van der Waals surface area contributed by atoms with Gasteiger partial charge in [-0.3, -0.25) is 5.10 Å². The maximum absolute atomic E-state index is 4.42. The number of benzene rings is 1. The SMILES string of the molecule is CNCCN1CCC(c2ccc3[nH]c(-c4ccnc5[nH]ncc45)c(C(C)C)c3c2)CC1.Cl.Cl. The van der Waals surface area contributed by atoms with Crippen LogP contribution in [0.3, 0.4) is 0 Å². The lowest BCUT2D eigenvalue weighted by Gasteiger charge is -2.32. The molecular weight excluding hydrogens is 455 g/mol. The van der Waals surface area contributed by atoms with Crippen molar-refractivity contribution in [1.82, 2.24) is 30.4 Å². The van der Waals surface area contributed by atoms with Gasteiger partial charge in [0.25, 0.3) is 0 Å². The molecule has 0 atom stereocenters. The van der Waals surface area contributed by atoms with Crippen LogP contribution < -0.4 is 5.32 Å². The molecule has 3 aromatic heterocycles. The minimum Gasteiger partial charge on any atom is -0.354 e. The lowest BCUT2D eigenvalue weighted by atomic mass is 9.87. The Bertz CT molecular complexity index is 1190. The van der Waals surface area contributed by atoms with Crippen LogP contribution >= 0.6 is 24.8 Å². The Hall–Kier alpha value is -2.12. The van der Waals surface area contributed by atoms with Crippen LogP contribution in [0.4, 0.5) is 0 Å². The van der Waals surface area contributed by atoms with Crippen LogP contribution in [-0.2, 0) is 0 Å². The van der Waals surface area contributed by atoms with Crippen LogP contribution in [0.15, 0.2) is 36.7 Å². The molecule has 0 unspecified atom stereocenters. The molecule has 33 heavy (non-hydrogen) atoms. The van der Waals surface area contributed by atoms with Gasteiger partial charge in [-0.2, -0.15) is 5.10 Å². The van der Waals surface area contributed by atoms with Crippen molar-refractivity contribution in [2.45, 2.75) is 38.5 Å². The summed E-state index contributed by atoms with van der Waals surface area (Å²) in [6, 6.07) is 9.16. The average Bonchev–Trinajstić information content (AvgIpc) is 3.42. The molecule has 0 aliphatic carbocycles. The number of pyridine rings is 1. The summed E-state index contributed by atoms with van der Waals surface area (Å²) < 4.78 is 0. The molecular formula is C25H34Cl2N6. The molecule has 0 spiro atoms. The van der Waals surface area contributed by atoms with Crippen molar-refractivity contribution >= 4 is 46.8 Å². The van der Waals surface area contributed by atoms with Crippen molar-refractivity contribution in [2.75, 3.05) is 33.2 Å². The molecule has 6 nitrogen and oxygen atoms in total. The van der Waals surface area contributed by atoms with Gasteiger partial charge in [0.05, 0.1) is 11.9 Å². The number of likely N-dealkylation sites (tertiary alicyclic amines) is 1. The number of fused-ring (bicyclic) bond motifs is 2. The number of rotatable bonds is 6. The first-order valence-corrected chi connectivity index (χ1v) is 11.5. The highest BCUT2D eigenvalue weighted by molar-refractivity contribution is 5.98. The van der Waals surface area contributed by atoms with E-state index in [4.69, 9.17) is 0 Å². The van der Waals surface area contributed by atoms with E-state index in [2.05, 4.69) is 68.5 Å². The molecule has 8 heteroatoms. The number of H-pyrrole nitrogens is 2. The predicted molar refractivity (Wildman–Crippen MR) is 142 cm³/mol. The van der Waals surface area contributed by atoms with Gasteiger partial charge in [-0.1, -0.05) is 19.9 Å². The summed E-state index contributed by atoms with van der Waals surface area (Å²) in [5.74, 6) is 1.06. The number of hydrogen-bond acceptors (Lipinski definition) is 4. The summed E-state index contributed by atoms with van der Waals surface area (Å²) in [6.07, 6.45) is 6.21. The second-order valence-electron chi connectivity index (χ2n) is 9.08. The minimum absolute atomic E-state index is 0. The highest BCUT2D eigenvalue weighted by atomic mass is 35.5. The van der Waals surface area contributed by atoms with E-state index >= 15 is 0 Å². The molecule has 4 heterocycles. The van der Waals surface area contributed by atoms with E-state index in [1.165, 1.54) is 53.7 Å². The first-order chi connectivity index (χ1) is 15.2. The smallest absolute Gasteiger partial charge is 0.155 e. The van der Waals surface area contributed by atoms with E-state index in [0.717, 1.165) is 29.7 Å². The van der Waals surface area contributed by atoms with Gasteiger partial charge < -0.3 is 15.2 Å². The van der Waals surface area contributed by atoms with Crippen molar-refractivity contribution in [3.05, 3.63) is 47.8 Å². The average molecular weight is 489 g/mol. The molecule has 0 radical (unpaired) electrons. The first kappa shape index (κ1) is 25.5. The number of nitrogens with zero attached hydrogens (tertiary/aromatic N) is 3. The van der Waals surface area contributed by atoms with Gasteiger partial charge >= 0.3 is 0 Å². The fourth-order valence-electron chi connectivity index (χ4n) is 5.13. The van der Waals surface area contributed by atoms with Gasteiger partial charge in [0.1, 0.15) is 0 Å². The summed E-state index contributed by atoms with van der Waals surface area (Å²) in [5.41, 5.74) is 7.27. The van der Waals surface area contributed by atoms with Gasteiger partial charge in [0, 0.05) is 41.1 Å². The standard InChI is InChI=1S/C25H32N6.2ClH/c1-16(2)23-20-14-18(17-7-11-31(12-8-17)13-10-26-3)4-5-22(20)29-24(23)19-6-9-27-25-21(19)15-28-30-25;;/h4-6,9,14-17,26,29H,7-8,10-13H2,1-3H3,(H,27,28,30);2*1H. The fraction of sp³-hybridized carbons (Fsp3) is 0.440. The third-order valence-corrected chi connectivity index (χ3v) is 6.80. The lowest BCUT2D eigenvalue weighted by molar-refractivity contribution is 0.214. The molecule has 0 saturated carbocycles. The van der Waals surface area contributed by atoms with Gasteiger partial charge in [-0.15, -0.1) is 24.8 Å². The third-order valence-electron chi connectivity index (χ3n) is 6.80. The van der Waals surface area contributed by atoms with Crippen LogP contribution in [-0.4, -0.2) is 58.3 Å². The maximum atomic E-state index is 4.42. The van der Waals surface area contributed by atoms with Crippen LogP contribution in [0.5, 0.6) is 0 Å². The van der Waals surface area contributed by atoms with Crippen LogP contribution in [0.25, 0.3) is 33.2 Å². The van der Waals surface area contributed by atoms with Crippen molar-refractivity contribution in [1.29, 1.82) is 0 Å². The summed E-state index contributed by atoms with van der Waals surface area (Å²) in [4.78, 5) is 10.7. The summed E-state index contributed by atoms with van der Waals surface area (Å²) in [5, 5.41) is 12.9. The normalized spacial score (nSPS) is 15.2. The molecule has 178 valence electrons. The Labute approximate surface area is 207 Å². The van der Waals surface area contributed by atoms with Gasteiger partial charge in [-0.25, -0.2) is 4.98 Å². The van der Waals surface area contributed by atoms with Crippen molar-refractivity contribution in [2.24, 2.45) is 0 Å². The third kappa shape index (κ3) is 4.90. The zero-order valence-electron chi connectivity index (χ0n) is 19.5. The number of aromatic amines is 2. The van der Waals surface area contributed by atoms with Crippen LogP contribution in [0.2, 0.25) is 0 Å². The number of aromatic nitrogens is 4. The predicted octanol–water partition coefficient (Wildman–Crippen LogP) is 5.47. The monoisotopic (exact) mass is 488 g/mol. The Morgan fingerprint density at radius 2 is 1.91 bits per heavy atom. The molecule has 4 aromatic rings. The summed E-state index contributed by atoms with van der Waals surface area (Å²) in [7, 11) is 2.03. The van der Waals surface area contributed by atoms with Crippen LogP contribution in [0, 0.1) is 0 Å². The Balaban J connectivity index is 0.00000153. The van der Waals surface area contributed by atoms with Gasteiger partial charge in [0.15, 0.2) is 5.65 Å². The quantitative estimate of drug-likeness (QED) is 0.336. The van der Waals surface area contributed by atoms with Crippen LogP contribution in [0.1, 0.15) is 49.7 Å². The first-order valence-electron chi connectivity index (χ1n) is 11.5. The van der Waals surface area contributed by atoms with Gasteiger partial charge in [0.2, 0.25) is 0 Å². The highest BCUT2D eigenvalue weighted by Gasteiger charge is 2.23. The molecule has 1 fully saturated rings. The second kappa shape index (κ2) is 10.9. The molecule has 1 aliphatic rings. The fourth-order valence-corrected chi connectivity index (χ4v) is 5.13. The largest absolute Gasteiger partial charge is 0.354 e. The van der Waals surface area contributed by atoms with E-state index in [1.807, 2.05) is 19.4 Å². The molecule has 1 saturated heterocycles. The van der Waals surface area contributed by atoms with Crippen molar-refractivity contribution < 1.29 is 0 Å². The molecule has 1 aromatic carbocycles. The van der Waals surface area contributed by atoms with E-state index in [1.54, 1.807) is 0 Å². The number of hydrogen-bond donors (Lipinski definition) is 3. The van der Waals surface area contributed by atoms with Gasteiger partial charge in [-0.05, 0) is 74.1 Å². The highest BCUT2D eigenvalue weighted by Crippen LogP contribution is 2.39. The lowest BCUT2D eigenvalue weighted by Crippen LogP contribution is -2.37. The molecule has 1 aliphatic heterocycles. The number of nitrogens with one attached hydrogen (secondary N) is 3. The van der Waals surface area contributed by atoms with E-state index < -0.39 is 0 Å². The Morgan fingerprint density at radius 1 is 1.12 bits per heavy atom. The molecule has 3 N–H and O–H groups in total. The molecule has 0 bridgehead atoms. The summed E-state index contributed by atoms with van der Waals surface area (Å²) >= 11 is 0. The topological polar surface area (TPSA) is 72.6 Å². The maximum Gasteiger partial charge on any atom is 0.155 e. The zero-order chi connectivity index (χ0) is 21.4. The second-order valence-corrected chi connectivity index (χ2v) is 9.08. The zero-order valence-corrected chi connectivity index (χ0v) is 21.2. The van der Waals surface area contributed by atoms with E-state index in [0.29, 0.717) is 11.8 Å². The number of likely N-dealkylation sites (N-methyl/N-ethyl adjacent to an activating group) is 1. The van der Waals surface area contributed by atoms with Crippen molar-refractivity contribution in [3.8, 4) is 11.3 Å². The Kier molecular flexibility index (Phi) is 8.40.